The summed E-state index contributed by atoms with van der Waals surface area (Å²) in [7, 11) is 0. The maximum atomic E-state index is 3.85. The van der Waals surface area contributed by atoms with Gasteiger partial charge in [-0.1, -0.05) is 44.2 Å². The zero-order valence-electron chi connectivity index (χ0n) is 13.2. The van der Waals surface area contributed by atoms with E-state index < -0.39 is 0 Å². The fourth-order valence-corrected chi connectivity index (χ4v) is 3.25. The minimum Gasteiger partial charge on any atom is -0.314 e. The molecule has 0 saturated carbocycles. The van der Waals surface area contributed by atoms with Crippen LogP contribution in [0.3, 0.4) is 0 Å². The highest BCUT2D eigenvalue weighted by atomic mass is 15.0. The van der Waals surface area contributed by atoms with Crippen molar-refractivity contribution in [3.8, 4) is 0 Å². The third kappa shape index (κ3) is 4.92. The van der Waals surface area contributed by atoms with Crippen molar-refractivity contribution in [1.82, 2.24) is 10.6 Å². The van der Waals surface area contributed by atoms with Gasteiger partial charge < -0.3 is 10.6 Å². The molecule has 1 fully saturated rings. The Bertz CT molecular complexity index is 368. The van der Waals surface area contributed by atoms with Gasteiger partial charge in [0.2, 0.25) is 0 Å². The summed E-state index contributed by atoms with van der Waals surface area (Å²) in [5, 5.41) is 7.45. The molecule has 0 spiro atoms. The van der Waals surface area contributed by atoms with E-state index >= 15 is 0 Å². The van der Waals surface area contributed by atoms with Gasteiger partial charge >= 0.3 is 0 Å². The smallest absolute Gasteiger partial charge is 0.0324 e. The van der Waals surface area contributed by atoms with Gasteiger partial charge in [-0.15, -0.1) is 0 Å². The van der Waals surface area contributed by atoms with E-state index in [1.165, 1.54) is 37.8 Å². The highest BCUT2D eigenvalue weighted by molar-refractivity contribution is 5.19. The summed E-state index contributed by atoms with van der Waals surface area (Å²) in [6, 6.07) is 12.7. The van der Waals surface area contributed by atoms with E-state index in [1.54, 1.807) is 0 Å². The van der Waals surface area contributed by atoms with Crippen molar-refractivity contribution in [1.29, 1.82) is 0 Å². The third-order valence-electron chi connectivity index (χ3n) is 4.20. The SMILES string of the molecule is CC(C)CC(NC(C)CC1CCCN1)c1ccccc1. The fraction of sp³-hybridized carbons (Fsp3) is 0.667. The molecule has 2 nitrogen and oxygen atoms in total. The first-order valence-electron chi connectivity index (χ1n) is 8.19. The molecule has 1 aliphatic heterocycles. The van der Waals surface area contributed by atoms with Crippen LogP contribution in [0.1, 0.15) is 58.1 Å². The molecule has 1 aromatic rings. The number of rotatable bonds is 7. The standard InChI is InChI=1S/C18H30N2/c1-14(2)12-18(16-8-5-4-6-9-16)20-15(3)13-17-10-7-11-19-17/h4-6,8-9,14-15,17-20H,7,10-13H2,1-3H3. The molecule has 2 N–H and O–H groups in total. The van der Waals surface area contributed by atoms with Crippen molar-refractivity contribution in [2.45, 2.75) is 64.6 Å². The van der Waals surface area contributed by atoms with Crippen LogP contribution in [0.25, 0.3) is 0 Å². The Labute approximate surface area is 124 Å². The summed E-state index contributed by atoms with van der Waals surface area (Å²) in [5.41, 5.74) is 1.42. The van der Waals surface area contributed by atoms with Crippen molar-refractivity contribution >= 4 is 0 Å². The Morgan fingerprint density at radius 2 is 1.95 bits per heavy atom. The molecule has 0 aromatic heterocycles. The van der Waals surface area contributed by atoms with Gasteiger partial charge in [-0.2, -0.15) is 0 Å². The molecular weight excluding hydrogens is 244 g/mol. The van der Waals surface area contributed by atoms with Crippen LogP contribution in [-0.2, 0) is 0 Å². The van der Waals surface area contributed by atoms with Gasteiger partial charge in [-0.3, -0.25) is 0 Å². The summed E-state index contributed by atoms with van der Waals surface area (Å²) in [4.78, 5) is 0. The molecule has 1 heterocycles. The highest BCUT2D eigenvalue weighted by Crippen LogP contribution is 2.23. The molecule has 0 bridgehead atoms. The molecule has 3 unspecified atom stereocenters. The van der Waals surface area contributed by atoms with E-state index in [0.717, 1.165) is 0 Å². The molecule has 1 saturated heterocycles. The second-order valence-corrected chi connectivity index (χ2v) is 6.69. The van der Waals surface area contributed by atoms with E-state index in [9.17, 15) is 0 Å². The van der Waals surface area contributed by atoms with Crippen LogP contribution in [0, 0.1) is 5.92 Å². The first-order chi connectivity index (χ1) is 9.65. The largest absolute Gasteiger partial charge is 0.314 e. The molecule has 2 heteroatoms. The van der Waals surface area contributed by atoms with Crippen LogP contribution >= 0.6 is 0 Å². The Hall–Kier alpha value is -0.860. The number of benzene rings is 1. The maximum absolute atomic E-state index is 3.85. The van der Waals surface area contributed by atoms with Gasteiger partial charge in [0.15, 0.2) is 0 Å². The minimum absolute atomic E-state index is 0.479. The van der Waals surface area contributed by atoms with Gasteiger partial charge in [0.05, 0.1) is 0 Å². The third-order valence-corrected chi connectivity index (χ3v) is 4.20. The molecule has 112 valence electrons. The van der Waals surface area contributed by atoms with Gasteiger partial charge in [0.25, 0.3) is 0 Å². The van der Waals surface area contributed by atoms with E-state index in [2.05, 4.69) is 61.7 Å². The second-order valence-electron chi connectivity index (χ2n) is 6.69. The predicted molar refractivity (Wildman–Crippen MR) is 86.9 cm³/mol. The van der Waals surface area contributed by atoms with Gasteiger partial charge in [0, 0.05) is 18.1 Å². The topological polar surface area (TPSA) is 24.1 Å². The Balaban J connectivity index is 1.92. The first-order valence-corrected chi connectivity index (χ1v) is 8.19. The van der Waals surface area contributed by atoms with Gasteiger partial charge in [-0.25, -0.2) is 0 Å². The lowest BCUT2D eigenvalue weighted by molar-refractivity contribution is 0.357. The highest BCUT2D eigenvalue weighted by Gasteiger charge is 2.20. The average Bonchev–Trinajstić information content (AvgIpc) is 2.91. The molecule has 0 aliphatic carbocycles. The quantitative estimate of drug-likeness (QED) is 0.788. The molecule has 0 radical (unpaired) electrons. The zero-order chi connectivity index (χ0) is 14.4. The van der Waals surface area contributed by atoms with Crippen molar-refractivity contribution in [2.75, 3.05) is 6.54 Å². The Kier molecular flexibility index (Phi) is 6.06. The second kappa shape index (κ2) is 7.80. The number of hydrogen-bond acceptors (Lipinski definition) is 2. The predicted octanol–water partition coefficient (Wildman–Crippen LogP) is 3.89. The molecule has 2 rings (SSSR count). The fourth-order valence-electron chi connectivity index (χ4n) is 3.25. The lowest BCUT2D eigenvalue weighted by atomic mass is 9.95. The maximum Gasteiger partial charge on any atom is 0.0324 e. The summed E-state index contributed by atoms with van der Waals surface area (Å²) < 4.78 is 0. The normalized spacial score (nSPS) is 22.1. The molecule has 3 atom stereocenters. The number of nitrogens with one attached hydrogen (secondary N) is 2. The zero-order valence-corrected chi connectivity index (χ0v) is 13.2. The molecule has 20 heavy (non-hydrogen) atoms. The average molecular weight is 274 g/mol. The van der Waals surface area contributed by atoms with E-state index in [0.29, 0.717) is 24.0 Å². The summed E-state index contributed by atoms with van der Waals surface area (Å²) in [6.07, 6.45) is 5.12. The van der Waals surface area contributed by atoms with Crippen LogP contribution in [0.4, 0.5) is 0 Å². The molecule has 0 amide bonds. The van der Waals surface area contributed by atoms with Gasteiger partial charge in [-0.05, 0) is 50.6 Å². The van der Waals surface area contributed by atoms with Crippen LogP contribution < -0.4 is 10.6 Å². The summed E-state index contributed by atoms with van der Waals surface area (Å²) in [6.45, 7) is 8.14. The minimum atomic E-state index is 0.479. The van der Waals surface area contributed by atoms with Crippen molar-refractivity contribution in [3.05, 3.63) is 35.9 Å². The molecule has 1 aliphatic rings. The monoisotopic (exact) mass is 274 g/mol. The lowest BCUT2D eigenvalue weighted by Crippen LogP contribution is -2.36. The van der Waals surface area contributed by atoms with Crippen LogP contribution in [0.15, 0.2) is 30.3 Å². The van der Waals surface area contributed by atoms with Gasteiger partial charge in [0.1, 0.15) is 0 Å². The lowest BCUT2D eigenvalue weighted by Gasteiger charge is -2.27. The molecular formula is C18H30N2. The van der Waals surface area contributed by atoms with Crippen LogP contribution in [0.2, 0.25) is 0 Å². The number of hydrogen-bond donors (Lipinski definition) is 2. The van der Waals surface area contributed by atoms with Crippen LogP contribution in [-0.4, -0.2) is 18.6 Å². The van der Waals surface area contributed by atoms with E-state index in [4.69, 9.17) is 0 Å². The van der Waals surface area contributed by atoms with E-state index in [-0.39, 0.29) is 0 Å². The van der Waals surface area contributed by atoms with Crippen molar-refractivity contribution in [2.24, 2.45) is 5.92 Å². The van der Waals surface area contributed by atoms with Crippen molar-refractivity contribution < 1.29 is 0 Å². The Morgan fingerprint density at radius 3 is 2.55 bits per heavy atom. The van der Waals surface area contributed by atoms with Crippen LogP contribution in [0.5, 0.6) is 0 Å². The summed E-state index contributed by atoms with van der Waals surface area (Å²) in [5.74, 6) is 0.713. The molecule has 1 aromatic carbocycles. The Morgan fingerprint density at radius 1 is 1.20 bits per heavy atom. The first kappa shape index (κ1) is 15.5. The summed E-state index contributed by atoms with van der Waals surface area (Å²) >= 11 is 0. The van der Waals surface area contributed by atoms with Crippen molar-refractivity contribution in [3.63, 3.8) is 0 Å². The van der Waals surface area contributed by atoms with E-state index in [1.807, 2.05) is 0 Å².